The van der Waals surface area contributed by atoms with Crippen molar-refractivity contribution in [2.75, 3.05) is 27.2 Å². The first kappa shape index (κ1) is 29.5. The van der Waals surface area contributed by atoms with Gasteiger partial charge in [-0.3, -0.25) is 19.7 Å². The quantitative estimate of drug-likeness (QED) is 0.246. The van der Waals surface area contributed by atoms with Gasteiger partial charge in [-0.2, -0.15) is 13.2 Å². The summed E-state index contributed by atoms with van der Waals surface area (Å²) in [5.74, 6) is -0.620. The number of fused-ring (bicyclic) bond motifs is 1. The van der Waals surface area contributed by atoms with Crippen LogP contribution in [0.2, 0.25) is 0 Å². The number of carbonyl (C=O) groups excluding carboxylic acids is 1. The van der Waals surface area contributed by atoms with E-state index in [0.717, 1.165) is 59.1 Å². The van der Waals surface area contributed by atoms with Crippen molar-refractivity contribution in [3.63, 3.8) is 0 Å². The molecule has 3 N–H and O–H groups in total. The third-order valence-electron chi connectivity index (χ3n) is 6.93. The van der Waals surface area contributed by atoms with Crippen LogP contribution in [0.4, 0.5) is 13.2 Å². The van der Waals surface area contributed by atoms with Gasteiger partial charge in [-0.05, 0) is 50.4 Å². The van der Waals surface area contributed by atoms with Crippen LogP contribution < -0.4 is 15.8 Å². The fourth-order valence-electron chi connectivity index (χ4n) is 4.78. The van der Waals surface area contributed by atoms with Crippen molar-refractivity contribution in [3.8, 4) is 10.8 Å². The first-order valence-corrected chi connectivity index (χ1v) is 14.2. The highest BCUT2D eigenvalue weighted by atomic mass is 32.1. The number of nitrogens with two attached hydrogens (primary N) is 1. The number of ether oxygens (including phenoxy) is 1. The number of carbonyl (C=O) groups is 1. The van der Waals surface area contributed by atoms with Crippen molar-refractivity contribution in [2.24, 2.45) is 10.7 Å². The lowest BCUT2D eigenvalue weighted by atomic mass is 10.0. The number of benzene rings is 2. The maximum absolute atomic E-state index is 13.6. The van der Waals surface area contributed by atoms with Crippen LogP contribution in [-0.2, 0) is 6.18 Å². The van der Waals surface area contributed by atoms with Crippen LogP contribution in [0.1, 0.15) is 45.8 Å². The number of rotatable bonds is 10. The van der Waals surface area contributed by atoms with E-state index in [1.807, 2.05) is 38.5 Å². The number of nitrogens with one attached hydrogen (secondary N) is 1. The van der Waals surface area contributed by atoms with E-state index in [0.29, 0.717) is 5.00 Å². The Balaban J connectivity index is 1.37. The molecule has 12 heteroatoms. The molecule has 0 bridgehead atoms. The number of amides is 1. The van der Waals surface area contributed by atoms with Gasteiger partial charge in [-0.15, -0.1) is 11.3 Å². The highest BCUT2D eigenvalue weighted by Crippen LogP contribution is 2.39. The summed E-state index contributed by atoms with van der Waals surface area (Å²) in [5, 5.41) is 4.02. The number of allylic oxidation sites excluding steroid dienone is 1. The predicted octanol–water partition coefficient (Wildman–Crippen LogP) is 5.68. The van der Waals surface area contributed by atoms with Gasteiger partial charge in [0.1, 0.15) is 34.2 Å². The molecule has 2 atom stereocenters. The molecule has 0 saturated carbocycles. The Bertz CT molecular complexity index is 1660. The number of halogens is 3. The molecule has 8 nitrogen and oxygen atoms in total. The van der Waals surface area contributed by atoms with E-state index in [-0.39, 0.29) is 22.4 Å². The predicted molar refractivity (Wildman–Crippen MR) is 159 cm³/mol. The van der Waals surface area contributed by atoms with Crippen molar-refractivity contribution >= 4 is 40.1 Å². The number of thiophene rings is 1. The number of hydrogen-bond acceptors (Lipinski definition) is 7. The van der Waals surface area contributed by atoms with E-state index in [2.05, 4.69) is 26.3 Å². The molecular weight excluding hydrogens is 565 g/mol. The zero-order valence-electron chi connectivity index (χ0n) is 23.4. The molecule has 5 rings (SSSR count). The van der Waals surface area contributed by atoms with Gasteiger partial charge in [0.2, 0.25) is 0 Å². The maximum Gasteiger partial charge on any atom is 0.416 e. The minimum Gasteiger partial charge on any atom is -0.484 e. The number of aliphatic imine (C=N–C) groups is 1. The normalized spacial score (nSPS) is 16.2. The molecule has 0 fully saturated rings. The molecule has 2 aromatic heterocycles. The van der Waals surface area contributed by atoms with Gasteiger partial charge in [0.25, 0.3) is 5.91 Å². The lowest BCUT2D eigenvalue weighted by Gasteiger charge is -2.19. The van der Waals surface area contributed by atoms with E-state index >= 15 is 0 Å². The molecule has 1 unspecified atom stereocenters. The number of nitrogens with zero attached hydrogens (tertiary/aromatic N) is 4. The van der Waals surface area contributed by atoms with Gasteiger partial charge >= 0.3 is 6.18 Å². The number of imidazole rings is 1. The van der Waals surface area contributed by atoms with E-state index in [4.69, 9.17) is 10.5 Å². The van der Waals surface area contributed by atoms with Gasteiger partial charge < -0.3 is 15.4 Å². The van der Waals surface area contributed by atoms with Gasteiger partial charge in [-0.1, -0.05) is 30.3 Å². The van der Waals surface area contributed by atoms with Crippen LogP contribution in [0.15, 0.2) is 65.9 Å². The Kier molecular flexibility index (Phi) is 8.48. The van der Waals surface area contributed by atoms with Crippen LogP contribution in [0, 0.1) is 0 Å². The summed E-state index contributed by atoms with van der Waals surface area (Å²) in [6.45, 7) is 3.30. The SMILES string of the molecule is C[C@@H](Oc1cc(-n2cnc3cc(C4=CCC(NCCN(C)C)N=C4)ccc32)sc1C(N)=O)c1ccccc1C(F)(F)F. The van der Waals surface area contributed by atoms with Gasteiger partial charge in [0.05, 0.1) is 16.6 Å². The Labute approximate surface area is 245 Å². The number of hydrogen-bond donors (Lipinski definition) is 2. The van der Waals surface area contributed by atoms with Gasteiger partial charge in [-0.25, -0.2) is 4.98 Å². The van der Waals surface area contributed by atoms with Crippen molar-refractivity contribution in [3.05, 3.63) is 82.5 Å². The average Bonchev–Trinajstić information content (AvgIpc) is 3.56. The topological polar surface area (TPSA) is 97.8 Å². The van der Waals surface area contributed by atoms with Gasteiger partial charge in [0.15, 0.2) is 0 Å². The number of likely N-dealkylation sites (N-methyl/N-ethyl adjacent to an activating group) is 1. The van der Waals surface area contributed by atoms with Crippen LogP contribution in [0.5, 0.6) is 5.75 Å². The maximum atomic E-state index is 13.6. The van der Waals surface area contributed by atoms with Crippen LogP contribution >= 0.6 is 11.3 Å². The average molecular weight is 597 g/mol. The zero-order chi connectivity index (χ0) is 30.0. The fraction of sp³-hybridized carbons (Fsp3) is 0.300. The molecule has 4 aromatic rings. The van der Waals surface area contributed by atoms with Crippen molar-refractivity contribution < 1.29 is 22.7 Å². The second kappa shape index (κ2) is 12.1. The van der Waals surface area contributed by atoms with E-state index in [1.54, 1.807) is 17.0 Å². The van der Waals surface area contributed by atoms with Gasteiger partial charge in [0, 0.05) is 37.4 Å². The third-order valence-corrected chi connectivity index (χ3v) is 8.06. The molecule has 0 aliphatic carbocycles. The number of primary amides is 1. The summed E-state index contributed by atoms with van der Waals surface area (Å²) >= 11 is 1.09. The van der Waals surface area contributed by atoms with Crippen molar-refractivity contribution in [2.45, 2.75) is 31.8 Å². The molecule has 1 amide bonds. The van der Waals surface area contributed by atoms with Crippen molar-refractivity contribution in [1.29, 1.82) is 0 Å². The summed E-state index contributed by atoms with van der Waals surface area (Å²) < 4.78 is 48.4. The highest BCUT2D eigenvalue weighted by Gasteiger charge is 2.35. The molecular formula is C30H31F3N6O2S. The lowest BCUT2D eigenvalue weighted by molar-refractivity contribution is -0.139. The first-order chi connectivity index (χ1) is 20.0. The molecule has 0 spiro atoms. The molecule has 42 heavy (non-hydrogen) atoms. The molecule has 3 heterocycles. The Hall–Kier alpha value is -4.00. The monoisotopic (exact) mass is 596 g/mol. The smallest absolute Gasteiger partial charge is 0.416 e. The van der Waals surface area contributed by atoms with Crippen molar-refractivity contribution in [1.82, 2.24) is 19.8 Å². The zero-order valence-corrected chi connectivity index (χ0v) is 24.2. The van der Waals surface area contributed by atoms with E-state index < -0.39 is 23.8 Å². The second-order valence-corrected chi connectivity index (χ2v) is 11.3. The van der Waals surface area contributed by atoms with E-state index in [1.165, 1.54) is 25.1 Å². The summed E-state index contributed by atoms with van der Waals surface area (Å²) in [6.07, 6.45) is 0.957. The number of aromatic nitrogens is 2. The molecule has 1 aliphatic rings. The standard InChI is InChI=1S/C30H31F3N6O2S/c1-18(21-6-4-5-7-22(21)30(31,32)33)41-25-15-27(42-28(25)29(34)40)39-17-37-23-14-19(8-10-24(23)39)20-9-11-26(36-16-20)35-12-13-38(2)3/h4-10,14-18,26,35H,11-13H2,1-3H3,(H2,34,40)/t18-,26?/m1/s1. The Morgan fingerprint density at radius 3 is 2.71 bits per heavy atom. The lowest BCUT2D eigenvalue weighted by Crippen LogP contribution is -2.34. The molecule has 1 aliphatic heterocycles. The number of alkyl halides is 3. The number of dihydropyridines is 1. The minimum absolute atomic E-state index is 0.0370. The molecule has 2 aromatic carbocycles. The second-order valence-electron chi connectivity index (χ2n) is 10.3. The fourth-order valence-corrected chi connectivity index (χ4v) is 5.70. The summed E-state index contributed by atoms with van der Waals surface area (Å²) in [7, 11) is 4.07. The largest absolute Gasteiger partial charge is 0.484 e. The molecule has 0 radical (unpaired) electrons. The van der Waals surface area contributed by atoms with Crippen LogP contribution in [0.25, 0.3) is 21.6 Å². The first-order valence-electron chi connectivity index (χ1n) is 13.4. The summed E-state index contributed by atoms with van der Waals surface area (Å²) in [5.41, 5.74) is 8.30. The summed E-state index contributed by atoms with van der Waals surface area (Å²) in [6, 6.07) is 12.7. The summed E-state index contributed by atoms with van der Waals surface area (Å²) in [4.78, 5) is 23.7. The minimum atomic E-state index is -4.54. The molecule has 220 valence electrons. The third kappa shape index (κ3) is 6.40. The molecule has 0 saturated heterocycles. The highest BCUT2D eigenvalue weighted by molar-refractivity contribution is 7.16. The Morgan fingerprint density at radius 2 is 2.02 bits per heavy atom. The van der Waals surface area contributed by atoms with E-state index in [9.17, 15) is 18.0 Å². The van der Waals surface area contributed by atoms with Crippen LogP contribution in [0.3, 0.4) is 0 Å². The Morgan fingerprint density at radius 1 is 1.24 bits per heavy atom. The van der Waals surface area contributed by atoms with Crippen LogP contribution in [-0.4, -0.2) is 59.9 Å².